The van der Waals surface area contributed by atoms with E-state index >= 15 is 4.39 Å². The van der Waals surface area contributed by atoms with Crippen LogP contribution in [-0.4, -0.2) is 12.6 Å². The number of hydrogen-bond donors (Lipinski definition) is 0. The summed E-state index contributed by atoms with van der Waals surface area (Å²) in [6.45, 7) is 21.3. The van der Waals surface area contributed by atoms with E-state index in [1.165, 1.54) is 55.3 Å². The topological polar surface area (TPSA) is 25.8 Å². The number of furan rings is 1. The molecule has 8 aromatic carbocycles. The fourth-order valence-corrected chi connectivity index (χ4v) is 14.9. The first-order chi connectivity index (χ1) is 35.3. The molecule has 3 aliphatic rings. The van der Waals surface area contributed by atoms with Gasteiger partial charge in [0.05, 0.1) is 25.5 Å². The van der Waals surface area contributed by atoms with Crippen LogP contribution in [0, 0.1) is 18.7 Å². The van der Waals surface area contributed by atoms with Crippen LogP contribution in [0.2, 0.25) is 19.6 Å². The number of allylic oxidation sites excluding steroid dienone is 1. The summed E-state index contributed by atoms with van der Waals surface area (Å²) in [5, 5.41) is 5.14. The molecule has 0 saturated heterocycles. The van der Waals surface area contributed by atoms with E-state index in [9.17, 15) is 0 Å². The van der Waals surface area contributed by atoms with Gasteiger partial charge >= 0.3 is 0 Å². The molecule has 4 unspecified atom stereocenters. The normalized spacial score (nSPS) is 18.9. The lowest BCUT2D eigenvalue weighted by Gasteiger charge is -2.58. The average molecular weight is 968 g/mol. The molecule has 3 aromatic heterocycles. The van der Waals surface area contributed by atoms with E-state index in [2.05, 4.69) is 207 Å². The monoisotopic (exact) mass is 967 g/mol. The minimum atomic E-state index is -1.68. The molecule has 1 spiro atoms. The summed E-state index contributed by atoms with van der Waals surface area (Å²) in [6, 6.07) is 61.6. The molecule has 1 fully saturated rings. The summed E-state index contributed by atoms with van der Waals surface area (Å²) in [5.74, 6) is 1.09. The van der Waals surface area contributed by atoms with Crippen LogP contribution in [-0.2, 0) is 17.4 Å². The van der Waals surface area contributed by atoms with Crippen LogP contribution in [0.3, 0.4) is 0 Å². The van der Waals surface area contributed by atoms with Gasteiger partial charge in [-0.1, -0.05) is 162 Å². The summed E-state index contributed by atoms with van der Waals surface area (Å²) in [6.07, 6.45) is 5.60. The molecule has 0 bridgehead atoms. The Morgan fingerprint density at radius 1 is 0.726 bits per heavy atom. The van der Waals surface area contributed by atoms with Gasteiger partial charge in [-0.05, 0) is 105 Å². The SMILES string of the molecule is C=CC1C2C(c3ccccc3-c3ccc([Si](C)(C)C)c[n+]32)C12Cc1cc(C)c3c(oc4cc(-c5ccc(F)c6ccccc56)ccc43)c1-c1n(-c3ccc(C(C)(C)C)cc3-c3ccccc3)c3ccccc3[n+]12. The minimum Gasteiger partial charge on any atom is -0.455 e. The third kappa shape index (κ3) is 6.10. The third-order valence-corrected chi connectivity index (χ3v) is 19.1. The Hall–Kier alpha value is -7.67. The summed E-state index contributed by atoms with van der Waals surface area (Å²) in [5.41, 5.74) is 17.8. The second kappa shape index (κ2) is 15.4. The Morgan fingerprint density at radius 3 is 2.27 bits per heavy atom. The number of aromatic nitrogens is 3. The van der Waals surface area contributed by atoms with Gasteiger partial charge in [0.1, 0.15) is 28.2 Å². The van der Waals surface area contributed by atoms with Crippen molar-refractivity contribution in [3.8, 4) is 50.6 Å². The lowest BCUT2D eigenvalue weighted by atomic mass is 9.48. The maximum Gasteiger partial charge on any atom is 0.299 e. The van der Waals surface area contributed by atoms with Gasteiger partial charge in [-0.15, -0.1) is 6.58 Å². The molecular formula is C67H58FN3OSi+2. The van der Waals surface area contributed by atoms with Gasteiger partial charge in [0.15, 0.2) is 28.9 Å². The Bertz CT molecular complexity index is 4170. The molecule has 4 atom stereocenters. The number of para-hydroxylation sites is 2. The van der Waals surface area contributed by atoms with Crippen LogP contribution in [0.25, 0.3) is 94.3 Å². The Morgan fingerprint density at radius 2 is 1.48 bits per heavy atom. The fraction of sp³-hybridized carbons (Fsp3) is 0.194. The molecule has 5 heterocycles. The van der Waals surface area contributed by atoms with Gasteiger partial charge in [-0.25, -0.2) is 8.96 Å². The van der Waals surface area contributed by atoms with Gasteiger partial charge in [-0.3, -0.25) is 0 Å². The van der Waals surface area contributed by atoms with Gasteiger partial charge in [0.2, 0.25) is 5.69 Å². The summed E-state index contributed by atoms with van der Waals surface area (Å²) in [7, 11) is -1.68. The smallest absolute Gasteiger partial charge is 0.299 e. The highest BCUT2D eigenvalue weighted by Gasteiger charge is 2.74. The van der Waals surface area contributed by atoms with Crippen molar-refractivity contribution in [2.45, 2.75) is 76.7 Å². The van der Waals surface area contributed by atoms with Gasteiger partial charge in [0, 0.05) is 39.4 Å². The largest absolute Gasteiger partial charge is 0.455 e. The maximum atomic E-state index is 15.2. The first kappa shape index (κ1) is 44.1. The zero-order valence-corrected chi connectivity index (χ0v) is 43.6. The van der Waals surface area contributed by atoms with E-state index in [1.807, 2.05) is 30.3 Å². The molecule has 1 saturated carbocycles. The second-order valence-electron chi connectivity index (χ2n) is 23.2. The van der Waals surface area contributed by atoms with E-state index in [4.69, 9.17) is 11.0 Å². The summed E-state index contributed by atoms with van der Waals surface area (Å²) in [4.78, 5) is 0. The number of fused-ring (bicyclic) bond motifs is 18. The predicted octanol–water partition coefficient (Wildman–Crippen LogP) is 15.6. The molecular weight excluding hydrogens is 910 g/mol. The molecule has 356 valence electrons. The molecule has 0 radical (unpaired) electrons. The Kier molecular flexibility index (Phi) is 9.31. The number of rotatable bonds is 5. The average Bonchev–Trinajstić information content (AvgIpc) is 3.95. The van der Waals surface area contributed by atoms with Crippen molar-refractivity contribution in [2.24, 2.45) is 5.92 Å². The zero-order chi connectivity index (χ0) is 49.9. The highest BCUT2D eigenvalue weighted by atomic mass is 28.3. The summed E-state index contributed by atoms with van der Waals surface area (Å²) < 4.78 is 30.7. The molecule has 1 aliphatic carbocycles. The molecule has 2 aliphatic heterocycles. The molecule has 4 nitrogen and oxygen atoms in total. The number of hydrogen-bond acceptors (Lipinski definition) is 1. The lowest BCUT2D eigenvalue weighted by Crippen LogP contribution is -2.80. The number of nitrogens with zero attached hydrogens (tertiary/aromatic N) is 3. The van der Waals surface area contributed by atoms with Crippen molar-refractivity contribution < 1.29 is 17.9 Å². The number of pyridine rings is 1. The number of imidazole rings is 1. The maximum absolute atomic E-state index is 15.2. The molecule has 6 heteroatoms. The van der Waals surface area contributed by atoms with Crippen LogP contribution in [0.15, 0.2) is 193 Å². The lowest BCUT2D eigenvalue weighted by molar-refractivity contribution is -0.825. The van der Waals surface area contributed by atoms with Crippen LogP contribution >= 0.6 is 0 Å². The zero-order valence-electron chi connectivity index (χ0n) is 42.6. The van der Waals surface area contributed by atoms with Crippen LogP contribution in [0.5, 0.6) is 0 Å². The second-order valence-corrected chi connectivity index (χ2v) is 28.2. The third-order valence-electron chi connectivity index (χ3n) is 17.1. The van der Waals surface area contributed by atoms with Gasteiger partial charge < -0.3 is 4.42 Å². The van der Waals surface area contributed by atoms with E-state index in [-0.39, 0.29) is 29.1 Å². The molecule has 0 amide bonds. The van der Waals surface area contributed by atoms with E-state index in [1.54, 1.807) is 6.07 Å². The van der Waals surface area contributed by atoms with E-state index < -0.39 is 13.6 Å². The Labute approximate surface area is 427 Å². The van der Waals surface area contributed by atoms with Crippen LogP contribution < -0.4 is 14.3 Å². The molecule has 11 aromatic rings. The predicted molar refractivity (Wildman–Crippen MR) is 300 cm³/mol. The summed E-state index contributed by atoms with van der Waals surface area (Å²) >= 11 is 0. The van der Waals surface area contributed by atoms with Gasteiger partial charge in [-0.2, -0.15) is 9.13 Å². The van der Waals surface area contributed by atoms with E-state index in [0.717, 1.165) is 67.5 Å². The number of aryl methyl sites for hydroxylation is 1. The van der Waals surface area contributed by atoms with E-state index in [0.29, 0.717) is 5.39 Å². The van der Waals surface area contributed by atoms with Crippen molar-refractivity contribution in [1.82, 2.24) is 4.57 Å². The highest BCUT2D eigenvalue weighted by Crippen LogP contribution is 2.65. The van der Waals surface area contributed by atoms with Crippen LogP contribution in [0.1, 0.15) is 55.0 Å². The fourth-order valence-electron chi connectivity index (χ4n) is 13.7. The van der Waals surface area contributed by atoms with Crippen molar-refractivity contribution in [3.05, 3.63) is 217 Å². The van der Waals surface area contributed by atoms with Crippen LogP contribution in [0.4, 0.5) is 4.39 Å². The quantitative estimate of drug-likeness (QED) is 0.0959. The first-order valence-electron chi connectivity index (χ1n) is 26.0. The standard InChI is InChI=1S/C67H58FN3OSi/c1-9-53-63-62(50-24-16-15-23-49(50)55-34-29-45(39-69(55)63)73(6,7)8)67(53)38-43-35-40(2)60-51-30-27-42(46-31-32-54(68)48-22-14-13-21-47(46)48)36-59(51)72-64(60)61(43)65-70(57-25-17-18-26-58(57)71(65)67)56-33-28-44(66(3,4)5)37-52(56)41-19-11-10-12-20-41/h9-37,39,53,62-63H,1,38H2,2-8H3/q+2. The number of halogens is 1. The molecule has 14 rings (SSSR count). The molecule has 73 heavy (non-hydrogen) atoms. The highest BCUT2D eigenvalue weighted by molar-refractivity contribution is 6.88. The minimum absolute atomic E-state index is 0.0688. The first-order valence-corrected chi connectivity index (χ1v) is 29.5. The Balaban J connectivity index is 1.11. The molecule has 0 N–H and O–H groups in total. The van der Waals surface area contributed by atoms with Gasteiger partial charge in [0.25, 0.3) is 5.82 Å². The van der Waals surface area contributed by atoms with Crippen molar-refractivity contribution >= 4 is 57.0 Å². The van der Waals surface area contributed by atoms with Crippen molar-refractivity contribution in [2.75, 3.05) is 0 Å². The number of benzene rings is 8. The van der Waals surface area contributed by atoms with Crippen molar-refractivity contribution in [1.29, 1.82) is 0 Å². The van der Waals surface area contributed by atoms with Crippen molar-refractivity contribution in [3.63, 3.8) is 0 Å².